The molecule has 0 spiro atoms. The van der Waals surface area contributed by atoms with E-state index >= 15 is 0 Å². The SMILES string of the molecule is COc1ccc(Cn2c(=O)c3cccc(OCc4ccccc4)c3n(CCCCc3ccncc3)c2=O)cc1. The number of aryl methyl sites for hydroxylation is 2. The molecule has 0 aliphatic rings. The Balaban J connectivity index is 1.51. The molecule has 0 atom stereocenters. The molecule has 0 saturated heterocycles. The number of hydrogen-bond acceptors (Lipinski definition) is 5. The van der Waals surface area contributed by atoms with E-state index in [-0.39, 0.29) is 17.8 Å². The third kappa shape index (κ3) is 6.09. The maximum absolute atomic E-state index is 13.9. The summed E-state index contributed by atoms with van der Waals surface area (Å²) >= 11 is 0. The van der Waals surface area contributed by atoms with Crippen molar-refractivity contribution in [3.05, 3.63) is 135 Å². The Morgan fingerprint density at radius 2 is 1.51 bits per heavy atom. The van der Waals surface area contributed by atoms with Crippen LogP contribution in [-0.2, 0) is 26.1 Å². The Morgan fingerprint density at radius 3 is 2.26 bits per heavy atom. The molecule has 2 heterocycles. The molecule has 7 nitrogen and oxygen atoms in total. The number of aromatic nitrogens is 3. The number of ether oxygens (including phenoxy) is 2. The molecule has 0 aliphatic carbocycles. The molecule has 39 heavy (non-hydrogen) atoms. The largest absolute Gasteiger partial charge is 0.497 e. The predicted molar refractivity (Wildman–Crippen MR) is 153 cm³/mol. The molecule has 0 fully saturated rings. The van der Waals surface area contributed by atoms with E-state index in [0.717, 1.165) is 36.1 Å². The number of unbranched alkanes of at least 4 members (excludes halogenated alkanes) is 1. The van der Waals surface area contributed by atoms with Crippen molar-refractivity contribution in [2.45, 2.75) is 39.0 Å². The molecule has 0 bridgehead atoms. The summed E-state index contributed by atoms with van der Waals surface area (Å²) in [5.41, 5.74) is 2.92. The van der Waals surface area contributed by atoms with E-state index < -0.39 is 0 Å². The van der Waals surface area contributed by atoms with Crippen molar-refractivity contribution in [3.63, 3.8) is 0 Å². The van der Waals surface area contributed by atoms with Gasteiger partial charge in [-0.3, -0.25) is 18.9 Å². The molecule has 0 amide bonds. The van der Waals surface area contributed by atoms with Crippen LogP contribution in [0.5, 0.6) is 11.5 Å². The molecule has 0 radical (unpaired) electrons. The summed E-state index contributed by atoms with van der Waals surface area (Å²) in [4.78, 5) is 31.6. The van der Waals surface area contributed by atoms with Crippen molar-refractivity contribution in [3.8, 4) is 11.5 Å². The van der Waals surface area contributed by atoms with Crippen LogP contribution in [0.25, 0.3) is 10.9 Å². The first kappa shape index (κ1) is 26.0. The zero-order valence-corrected chi connectivity index (χ0v) is 22.0. The Hall–Kier alpha value is -4.65. The van der Waals surface area contributed by atoms with Gasteiger partial charge < -0.3 is 9.47 Å². The minimum absolute atomic E-state index is 0.170. The summed E-state index contributed by atoms with van der Waals surface area (Å²) in [6.45, 7) is 0.976. The summed E-state index contributed by atoms with van der Waals surface area (Å²) in [5, 5.41) is 0.461. The van der Waals surface area contributed by atoms with Gasteiger partial charge in [0.05, 0.1) is 19.0 Å². The molecule has 5 aromatic rings. The smallest absolute Gasteiger partial charge is 0.331 e. The predicted octanol–water partition coefficient (Wildman–Crippen LogP) is 5.22. The Morgan fingerprint density at radius 1 is 0.744 bits per heavy atom. The monoisotopic (exact) mass is 521 g/mol. The molecular weight excluding hydrogens is 490 g/mol. The van der Waals surface area contributed by atoms with Gasteiger partial charge in [0.1, 0.15) is 23.6 Å². The number of nitrogens with zero attached hydrogens (tertiary/aromatic N) is 3. The maximum atomic E-state index is 13.9. The van der Waals surface area contributed by atoms with E-state index in [1.807, 2.05) is 72.8 Å². The van der Waals surface area contributed by atoms with E-state index in [1.165, 1.54) is 10.1 Å². The van der Waals surface area contributed by atoms with Crippen LogP contribution in [0.2, 0.25) is 0 Å². The average Bonchev–Trinajstić information content (AvgIpc) is 2.99. The molecule has 198 valence electrons. The highest BCUT2D eigenvalue weighted by Crippen LogP contribution is 2.24. The summed E-state index contributed by atoms with van der Waals surface area (Å²) in [7, 11) is 1.60. The first-order valence-electron chi connectivity index (χ1n) is 13.1. The summed E-state index contributed by atoms with van der Waals surface area (Å²) in [6, 6.07) is 26.6. The van der Waals surface area contributed by atoms with Crippen LogP contribution in [0.1, 0.15) is 29.5 Å². The summed E-state index contributed by atoms with van der Waals surface area (Å²) < 4.78 is 14.4. The Labute approximate surface area is 226 Å². The number of para-hydroxylation sites is 1. The number of benzene rings is 3. The van der Waals surface area contributed by atoms with Gasteiger partial charge in [-0.25, -0.2) is 4.79 Å². The van der Waals surface area contributed by atoms with Crippen molar-refractivity contribution in [1.29, 1.82) is 0 Å². The highest BCUT2D eigenvalue weighted by Gasteiger charge is 2.17. The highest BCUT2D eigenvalue weighted by atomic mass is 16.5. The second-order valence-electron chi connectivity index (χ2n) is 9.41. The molecule has 0 saturated carbocycles. The maximum Gasteiger partial charge on any atom is 0.331 e. The zero-order valence-electron chi connectivity index (χ0n) is 22.0. The van der Waals surface area contributed by atoms with E-state index in [1.54, 1.807) is 36.2 Å². The lowest BCUT2D eigenvalue weighted by atomic mass is 10.1. The first-order valence-corrected chi connectivity index (χ1v) is 13.1. The molecule has 0 unspecified atom stereocenters. The lowest BCUT2D eigenvalue weighted by Crippen LogP contribution is -2.40. The number of pyridine rings is 1. The van der Waals surface area contributed by atoms with Crippen molar-refractivity contribution in [2.75, 3.05) is 7.11 Å². The minimum Gasteiger partial charge on any atom is -0.497 e. The normalized spacial score (nSPS) is 11.0. The van der Waals surface area contributed by atoms with Crippen molar-refractivity contribution in [1.82, 2.24) is 14.1 Å². The van der Waals surface area contributed by atoms with Gasteiger partial charge in [-0.05, 0) is 72.4 Å². The second-order valence-corrected chi connectivity index (χ2v) is 9.41. The van der Waals surface area contributed by atoms with Crippen LogP contribution in [0, 0.1) is 0 Å². The standard InChI is InChI=1S/C32H31N3O4/c1-38-27-15-13-25(14-16-27)22-35-31(36)28-11-7-12-29(39-23-26-9-3-2-4-10-26)30(28)34(32(35)37)21-6-5-8-24-17-19-33-20-18-24/h2-4,7,9-20H,5-6,8,21-23H2,1H3. The third-order valence-corrected chi connectivity index (χ3v) is 6.79. The van der Waals surface area contributed by atoms with Gasteiger partial charge in [0.25, 0.3) is 5.56 Å². The summed E-state index contributed by atoms with van der Waals surface area (Å²) in [6.07, 6.45) is 6.13. The van der Waals surface area contributed by atoms with Crippen molar-refractivity contribution < 1.29 is 9.47 Å². The van der Waals surface area contributed by atoms with Gasteiger partial charge in [-0.2, -0.15) is 0 Å². The van der Waals surface area contributed by atoms with E-state index in [4.69, 9.17) is 9.47 Å². The average molecular weight is 522 g/mol. The lowest BCUT2D eigenvalue weighted by Gasteiger charge is -2.17. The van der Waals surface area contributed by atoms with Crippen molar-refractivity contribution in [2.24, 2.45) is 0 Å². The summed E-state index contributed by atoms with van der Waals surface area (Å²) in [5.74, 6) is 1.24. The van der Waals surface area contributed by atoms with Crippen molar-refractivity contribution >= 4 is 10.9 Å². The number of hydrogen-bond donors (Lipinski definition) is 0. The molecule has 7 heteroatoms. The van der Waals surface area contributed by atoms with Crippen LogP contribution in [0.4, 0.5) is 0 Å². The zero-order chi connectivity index (χ0) is 27.0. The molecule has 0 aliphatic heterocycles. The van der Waals surface area contributed by atoms with Gasteiger partial charge in [0.2, 0.25) is 0 Å². The first-order chi connectivity index (χ1) is 19.1. The van der Waals surface area contributed by atoms with Crippen LogP contribution >= 0.6 is 0 Å². The van der Waals surface area contributed by atoms with Gasteiger partial charge in [0.15, 0.2) is 0 Å². The van der Waals surface area contributed by atoms with Gasteiger partial charge in [0, 0.05) is 18.9 Å². The Bertz CT molecular complexity index is 1640. The second kappa shape index (κ2) is 12.3. The van der Waals surface area contributed by atoms with E-state index in [9.17, 15) is 9.59 Å². The molecule has 0 N–H and O–H groups in total. The van der Waals surface area contributed by atoms with Crippen LogP contribution < -0.4 is 20.7 Å². The number of fused-ring (bicyclic) bond motifs is 1. The van der Waals surface area contributed by atoms with E-state index in [2.05, 4.69) is 4.98 Å². The number of methoxy groups -OCH3 is 1. The van der Waals surface area contributed by atoms with E-state index in [0.29, 0.717) is 29.8 Å². The van der Waals surface area contributed by atoms with Gasteiger partial charge in [-0.15, -0.1) is 0 Å². The molecule has 3 aromatic carbocycles. The van der Waals surface area contributed by atoms with Crippen LogP contribution in [-0.4, -0.2) is 21.2 Å². The highest BCUT2D eigenvalue weighted by molar-refractivity contribution is 5.84. The fourth-order valence-electron chi connectivity index (χ4n) is 4.71. The number of rotatable bonds is 11. The Kier molecular flexibility index (Phi) is 8.17. The topological polar surface area (TPSA) is 75.3 Å². The molecule has 5 rings (SSSR count). The van der Waals surface area contributed by atoms with Gasteiger partial charge >= 0.3 is 5.69 Å². The fourth-order valence-corrected chi connectivity index (χ4v) is 4.71. The van der Waals surface area contributed by atoms with Crippen LogP contribution in [0.15, 0.2) is 107 Å². The fraction of sp³-hybridized carbons (Fsp3) is 0.219. The molecular formula is C32H31N3O4. The molecule has 2 aromatic heterocycles. The van der Waals surface area contributed by atoms with Crippen LogP contribution in [0.3, 0.4) is 0 Å². The quantitative estimate of drug-likeness (QED) is 0.223. The van der Waals surface area contributed by atoms with Gasteiger partial charge in [-0.1, -0.05) is 48.5 Å². The lowest BCUT2D eigenvalue weighted by molar-refractivity contribution is 0.308. The minimum atomic E-state index is -0.344. The third-order valence-electron chi connectivity index (χ3n) is 6.79.